The van der Waals surface area contributed by atoms with Gasteiger partial charge in [-0.1, -0.05) is 34.8 Å². The molecule has 0 N–H and O–H groups in total. The molecule has 3 nitrogen and oxygen atoms in total. The summed E-state index contributed by atoms with van der Waals surface area (Å²) in [5.74, 6) is 2.14. The van der Waals surface area contributed by atoms with Crippen molar-refractivity contribution in [2.75, 3.05) is 20.7 Å². The number of rotatable bonds is 3. The van der Waals surface area contributed by atoms with E-state index in [1.54, 1.807) is 7.11 Å². The Morgan fingerprint density at radius 1 is 1.24 bits per heavy atom. The first-order valence-electron chi connectivity index (χ1n) is 7.81. The van der Waals surface area contributed by atoms with Crippen molar-refractivity contribution in [1.82, 2.24) is 5.01 Å². The van der Waals surface area contributed by atoms with E-state index in [9.17, 15) is 0 Å². The summed E-state index contributed by atoms with van der Waals surface area (Å²) >= 11 is 3.54. The van der Waals surface area contributed by atoms with Crippen molar-refractivity contribution in [1.29, 1.82) is 0 Å². The molecular weight excluding hydrogens is 328 g/mol. The topological polar surface area (TPSA) is 24.8 Å². The van der Waals surface area contributed by atoms with Crippen LogP contribution < -0.4 is 4.74 Å². The standard InChI is InChI=1S/C17H23BrN2O/c1-20-10-9-16(19-20)14-6-4-3-5-13(14)15-8-7-12(18)11-17(15)21-2/h7-8,11,13-14H,3-6,9-10H2,1-2H3. The highest BCUT2D eigenvalue weighted by Crippen LogP contribution is 2.43. The minimum absolute atomic E-state index is 0.548. The molecule has 4 heteroatoms. The van der Waals surface area contributed by atoms with E-state index in [1.807, 2.05) is 0 Å². The van der Waals surface area contributed by atoms with Gasteiger partial charge in [-0.3, -0.25) is 5.01 Å². The van der Waals surface area contributed by atoms with E-state index in [4.69, 9.17) is 9.84 Å². The van der Waals surface area contributed by atoms with E-state index < -0.39 is 0 Å². The summed E-state index contributed by atoms with van der Waals surface area (Å²) in [6.45, 7) is 1.07. The zero-order valence-corrected chi connectivity index (χ0v) is 14.4. The van der Waals surface area contributed by atoms with Crippen LogP contribution in [0, 0.1) is 5.92 Å². The van der Waals surface area contributed by atoms with Crippen molar-refractivity contribution in [2.24, 2.45) is 11.0 Å². The van der Waals surface area contributed by atoms with Crippen molar-refractivity contribution < 1.29 is 4.74 Å². The van der Waals surface area contributed by atoms with Crippen LogP contribution in [0.5, 0.6) is 5.75 Å². The molecule has 1 fully saturated rings. The summed E-state index contributed by atoms with van der Waals surface area (Å²) in [6.07, 6.45) is 6.25. The fourth-order valence-electron chi connectivity index (χ4n) is 3.75. The average Bonchev–Trinajstić information content (AvgIpc) is 2.93. The van der Waals surface area contributed by atoms with Crippen LogP contribution in [0.25, 0.3) is 0 Å². The smallest absolute Gasteiger partial charge is 0.123 e. The highest BCUT2D eigenvalue weighted by atomic mass is 79.9. The molecule has 1 aromatic carbocycles. The molecule has 2 unspecified atom stereocenters. The van der Waals surface area contributed by atoms with Gasteiger partial charge in [0.2, 0.25) is 0 Å². The number of hydrazone groups is 1. The van der Waals surface area contributed by atoms with E-state index in [-0.39, 0.29) is 0 Å². The van der Waals surface area contributed by atoms with E-state index >= 15 is 0 Å². The van der Waals surface area contributed by atoms with Gasteiger partial charge in [-0.2, -0.15) is 5.10 Å². The number of halogens is 1. The largest absolute Gasteiger partial charge is 0.496 e. The van der Waals surface area contributed by atoms with Gasteiger partial charge in [-0.05, 0) is 36.5 Å². The lowest BCUT2D eigenvalue weighted by molar-refractivity contribution is 0.354. The van der Waals surface area contributed by atoms with Gasteiger partial charge >= 0.3 is 0 Å². The van der Waals surface area contributed by atoms with Crippen LogP contribution >= 0.6 is 15.9 Å². The lowest BCUT2D eigenvalue weighted by atomic mass is 9.72. The third kappa shape index (κ3) is 3.10. The first-order valence-corrected chi connectivity index (χ1v) is 8.60. The molecule has 0 radical (unpaired) electrons. The van der Waals surface area contributed by atoms with E-state index in [0.717, 1.165) is 23.2 Å². The van der Waals surface area contributed by atoms with Gasteiger partial charge in [0.25, 0.3) is 0 Å². The van der Waals surface area contributed by atoms with Gasteiger partial charge in [0.05, 0.1) is 7.11 Å². The first kappa shape index (κ1) is 14.9. The van der Waals surface area contributed by atoms with E-state index in [2.05, 4.69) is 46.2 Å². The molecule has 0 saturated heterocycles. The predicted molar refractivity (Wildman–Crippen MR) is 90.1 cm³/mol. The fourth-order valence-corrected chi connectivity index (χ4v) is 4.09. The van der Waals surface area contributed by atoms with Crippen LogP contribution in [0.2, 0.25) is 0 Å². The minimum atomic E-state index is 0.548. The van der Waals surface area contributed by atoms with Gasteiger partial charge in [0.15, 0.2) is 0 Å². The maximum atomic E-state index is 5.63. The Kier molecular flexibility index (Phi) is 4.53. The molecule has 114 valence electrons. The van der Waals surface area contributed by atoms with Gasteiger partial charge < -0.3 is 4.74 Å². The van der Waals surface area contributed by atoms with Gasteiger partial charge in [-0.25, -0.2) is 0 Å². The van der Waals surface area contributed by atoms with Gasteiger partial charge in [0, 0.05) is 36.1 Å². The number of hydrogen-bond donors (Lipinski definition) is 0. The van der Waals surface area contributed by atoms with Gasteiger partial charge in [0.1, 0.15) is 5.75 Å². The van der Waals surface area contributed by atoms with Crippen LogP contribution in [-0.4, -0.2) is 31.4 Å². The molecule has 0 aromatic heterocycles. The molecule has 0 amide bonds. The Morgan fingerprint density at radius 2 is 2.00 bits per heavy atom. The van der Waals surface area contributed by atoms with E-state index in [0.29, 0.717) is 11.8 Å². The van der Waals surface area contributed by atoms with Crippen molar-refractivity contribution >= 4 is 21.6 Å². The molecular formula is C17H23BrN2O. The molecule has 2 atom stereocenters. The lowest BCUT2D eigenvalue weighted by Gasteiger charge is -2.32. The van der Waals surface area contributed by atoms with Crippen LogP contribution in [-0.2, 0) is 0 Å². The van der Waals surface area contributed by atoms with Crippen molar-refractivity contribution in [3.63, 3.8) is 0 Å². The maximum absolute atomic E-state index is 5.63. The fraction of sp³-hybridized carbons (Fsp3) is 0.588. The summed E-state index contributed by atoms with van der Waals surface area (Å²) in [6, 6.07) is 6.45. The van der Waals surface area contributed by atoms with Gasteiger partial charge in [-0.15, -0.1) is 0 Å². The third-order valence-electron chi connectivity index (χ3n) is 4.78. The molecule has 1 aliphatic carbocycles. The summed E-state index contributed by atoms with van der Waals surface area (Å²) in [5, 5.41) is 6.84. The number of hydrogen-bond acceptors (Lipinski definition) is 3. The van der Waals surface area contributed by atoms with E-state index in [1.165, 1.54) is 37.0 Å². The summed E-state index contributed by atoms with van der Waals surface area (Å²) in [4.78, 5) is 0. The highest BCUT2D eigenvalue weighted by Gasteiger charge is 2.33. The third-order valence-corrected chi connectivity index (χ3v) is 5.27. The van der Waals surface area contributed by atoms with Crippen molar-refractivity contribution in [3.05, 3.63) is 28.2 Å². The Bertz CT molecular complexity index is 544. The molecule has 1 saturated carbocycles. The molecule has 3 rings (SSSR count). The molecule has 0 bridgehead atoms. The monoisotopic (exact) mass is 350 g/mol. The molecule has 0 spiro atoms. The number of ether oxygens (including phenoxy) is 1. The minimum Gasteiger partial charge on any atom is -0.496 e. The van der Waals surface area contributed by atoms with Crippen molar-refractivity contribution in [2.45, 2.75) is 38.0 Å². The second kappa shape index (κ2) is 6.39. The zero-order chi connectivity index (χ0) is 14.8. The highest BCUT2D eigenvalue weighted by molar-refractivity contribution is 9.10. The molecule has 1 aromatic rings. The molecule has 1 heterocycles. The molecule has 21 heavy (non-hydrogen) atoms. The first-order chi connectivity index (χ1) is 10.2. The second-order valence-corrected chi connectivity index (χ2v) is 7.02. The SMILES string of the molecule is COc1cc(Br)ccc1C1CCCCC1C1=NN(C)CC1. The Labute approximate surface area is 135 Å². The normalized spacial score (nSPS) is 25.9. The van der Waals surface area contributed by atoms with Crippen LogP contribution in [0.4, 0.5) is 0 Å². The Morgan fingerprint density at radius 3 is 2.67 bits per heavy atom. The van der Waals surface area contributed by atoms with Crippen LogP contribution in [0.1, 0.15) is 43.6 Å². The summed E-state index contributed by atoms with van der Waals surface area (Å²) < 4.78 is 6.71. The Hall–Kier alpha value is -1.03. The van der Waals surface area contributed by atoms with Crippen LogP contribution in [0.3, 0.4) is 0 Å². The number of nitrogens with zero attached hydrogens (tertiary/aromatic N) is 2. The maximum Gasteiger partial charge on any atom is 0.123 e. The molecule has 1 aliphatic heterocycles. The zero-order valence-electron chi connectivity index (χ0n) is 12.8. The molecule has 2 aliphatic rings. The van der Waals surface area contributed by atoms with Crippen molar-refractivity contribution in [3.8, 4) is 5.75 Å². The summed E-state index contributed by atoms with van der Waals surface area (Å²) in [5.41, 5.74) is 2.75. The average molecular weight is 351 g/mol. The predicted octanol–water partition coefficient (Wildman–Crippen LogP) is 4.42. The number of benzene rings is 1. The van der Waals surface area contributed by atoms with Crippen LogP contribution in [0.15, 0.2) is 27.8 Å². The Balaban J connectivity index is 1.93. The second-order valence-electron chi connectivity index (χ2n) is 6.11. The number of methoxy groups -OCH3 is 1. The summed E-state index contributed by atoms with van der Waals surface area (Å²) in [7, 11) is 3.84. The lowest BCUT2D eigenvalue weighted by Crippen LogP contribution is -2.25. The quantitative estimate of drug-likeness (QED) is 0.805.